The maximum atomic E-state index is 11.6. The summed E-state index contributed by atoms with van der Waals surface area (Å²) in [6, 6.07) is 3.83. The molecule has 0 saturated heterocycles. The van der Waals surface area contributed by atoms with E-state index in [0.29, 0.717) is 0 Å². The van der Waals surface area contributed by atoms with Crippen LogP contribution in [0.4, 0.5) is 0 Å². The molecule has 0 bridgehead atoms. The number of hydrogen-bond donors (Lipinski definition) is 2. The van der Waals surface area contributed by atoms with Crippen molar-refractivity contribution in [3.63, 3.8) is 0 Å². The summed E-state index contributed by atoms with van der Waals surface area (Å²) in [6.45, 7) is 24.7. The first-order valence-electron chi connectivity index (χ1n) is 10.5. The normalized spacial score (nSPS) is 12.9. The number of hydrogen-bond acceptors (Lipinski definition) is 4. The Bertz CT molecular complexity index is 891. The highest BCUT2D eigenvalue weighted by Crippen LogP contribution is 2.25. The molecule has 0 spiro atoms. The lowest BCUT2D eigenvalue weighted by Gasteiger charge is -2.22. The van der Waals surface area contributed by atoms with E-state index in [1.165, 1.54) is 0 Å². The first-order valence-corrected chi connectivity index (χ1v) is 10.5. The van der Waals surface area contributed by atoms with Gasteiger partial charge in [0.2, 0.25) is 0 Å². The van der Waals surface area contributed by atoms with Gasteiger partial charge >= 0.3 is 0 Å². The van der Waals surface area contributed by atoms with Crippen LogP contribution in [0.25, 0.3) is 0 Å². The van der Waals surface area contributed by atoms with Gasteiger partial charge in [-0.25, -0.2) is 10.2 Å². The number of rotatable bonds is 0. The van der Waals surface area contributed by atoms with Gasteiger partial charge in [-0.2, -0.15) is 10.2 Å². The Kier molecular flexibility index (Phi) is 7.29. The van der Waals surface area contributed by atoms with Crippen LogP contribution in [0.3, 0.4) is 0 Å². The van der Waals surface area contributed by atoms with Gasteiger partial charge in [-0.1, -0.05) is 83.1 Å². The molecule has 0 fully saturated rings. The van der Waals surface area contributed by atoms with Crippen LogP contribution in [0, 0.1) is 0 Å². The summed E-state index contributed by atoms with van der Waals surface area (Å²) < 4.78 is 0. The standard InChI is InChI=1S/2C12H20N2O/c2*1-11(2,3)8-7-9(12(4,5)6)13-14-10(8)15/h2*7H,1-6H3,(H,14,15). The zero-order valence-electron chi connectivity index (χ0n) is 20.9. The Hall–Kier alpha value is -2.24. The Morgan fingerprint density at radius 1 is 0.533 bits per heavy atom. The van der Waals surface area contributed by atoms with Crippen molar-refractivity contribution < 1.29 is 0 Å². The second-order valence-electron chi connectivity index (χ2n) is 12.0. The third kappa shape index (κ3) is 6.92. The number of nitrogens with one attached hydrogen (secondary N) is 2. The molecule has 0 saturated carbocycles. The van der Waals surface area contributed by atoms with E-state index in [4.69, 9.17) is 0 Å². The molecule has 2 rings (SSSR count). The molecule has 0 aliphatic carbocycles. The summed E-state index contributed by atoms with van der Waals surface area (Å²) in [6.07, 6.45) is 0. The molecule has 0 amide bonds. The fraction of sp³-hybridized carbons (Fsp3) is 0.667. The van der Waals surface area contributed by atoms with Gasteiger partial charge < -0.3 is 0 Å². The smallest absolute Gasteiger partial charge is 0.267 e. The molecule has 168 valence electrons. The first-order chi connectivity index (χ1) is 13.2. The molecule has 0 aliphatic rings. The quantitative estimate of drug-likeness (QED) is 0.649. The number of H-pyrrole nitrogens is 2. The lowest BCUT2D eigenvalue weighted by molar-refractivity contribution is 0.534. The van der Waals surface area contributed by atoms with Crippen molar-refractivity contribution in [2.45, 2.75) is 105 Å². The molecule has 6 nitrogen and oxygen atoms in total. The van der Waals surface area contributed by atoms with Crippen LogP contribution in [-0.2, 0) is 21.7 Å². The first kappa shape index (κ1) is 25.8. The third-order valence-electron chi connectivity index (χ3n) is 4.76. The summed E-state index contributed by atoms with van der Waals surface area (Å²) in [5.41, 5.74) is 2.90. The van der Waals surface area contributed by atoms with Gasteiger partial charge in [0.25, 0.3) is 11.1 Å². The zero-order valence-corrected chi connectivity index (χ0v) is 20.9. The average molecular weight is 417 g/mol. The molecule has 30 heavy (non-hydrogen) atoms. The van der Waals surface area contributed by atoms with Crippen molar-refractivity contribution in [2.75, 3.05) is 0 Å². The predicted molar refractivity (Wildman–Crippen MR) is 125 cm³/mol. The second-order valence-corrected chi connectivity index (χ2v) is 12.0. The molecule has 0 unspecified atom stereocenters. The Morgan fingerprint density at radius 3 is 1.00 bits per heavy atom. The summed E-state index contributed by atoms with van der Waals surface area (Å²) in [7, 11) is 0. The van der Waals surface area contributed by atoms with Gasteiger partial charge in [0.15, 0.2) is 0 Å². The van der Waals surface area contributed by atoms with Crippen LogP contribution in [0.1, 0.15) is 106 Å². The van der Waals surface area contributed by atoms with Crippen LogP contribution in [0.15, 0.2) is 21.7 Å². The highest BCUT2D eigenvalue weighted by atomic mass is 16.1. The third-order valence-corrected chi connectivity index (χ3v) is 4.76. The summed E-state index contributed by atoms with van der Waals surface area (Å²) in [4.78, 5) is 23.3. The minimum Gasteiger partial charge on any atom is -0.268 e. The van der Waals surface area contributed by atoms with E-state index in [2.05, 4.69) is 61.9 Å². The number of nitrogens with zero attached hydrogens (tertiary/aromatic N) is 2. The van der Waals surface area contributed by atoms with Gasteiger partial charge in [-0.05, 0) is 23.0 Å². The van der Waals surface area contributed by atoms with Gasteiger partial charge in [-0.15, -0.1) is 0 Å². The molecule has 2 heterocycles. The van der Waals surface area contributed by atoms with Crippen LogP contribution in [0.2, 0.25) is 0 Å². The largest absolute Gasteiger partial charge is 0.268 e. The highest BCUT2D eigenvalue weighted by molar-refractivity contribution is 5.25. The highest BCUT2D eigenvalue weighted by Gasteiger charge is 2.24. The molecule has 6 heteroatoms. The van der Waals surface area contributed by atoms with Gasteiger partial charge in [-0.3, -0.25) is 9.59 Å². The minimum atomic E-state index is -0.142. The van der Waals surface area contributed by atoms with Crippen molar-refractivity contribution in [3.05, 3.63) is 55.4 Å². The Morgan fingerprint density at radius 2 is 0.800 bits per heavy atom. The summed E-state index contributed by atoms with van der Waals surface area (Å²) in [5.74, 6) is 0. The van der Waals surface area contributed by atoms with E-state index in [0.717, 1.165) is 22.5 Å². The maximum absolute atomic E-state index is 11.6. The lowest BCUT2D eigenvalue weighted by atomic mass is 9.84. The molecule has 2 N–H and O–H groups in total. The molecule has 0 radical (unpaired) electrons. The summed E-state index contributed by atoms with van der Waals surface area (Å²) in [5, 5.41) is 13.3. The number of aromatic nitrogens is 4. The van der Waals surface area contributed by atoms with E-state index >= 15 is 0 Å². The molecular formula is C24H40N4O2. The zero-order chi connectivity index (χ0) is 23.7. The topological polar surface area (TPSA) is 91.5 Å². The number of aromatic amines is 2. The molecule has 0 aromatic carbocycles. The minimum absolute atomic E-state index is 0.0375. The second kappa shape index (κ2) is 8.48. The molecule has 0 atom stereocenters. The SMILES string of the molecule is CC(C)(C)c1cc(C(C)(C)C)c(=O)[nH]n1.CC(C)(C)c1cc(C(C)(C)C)c(=O)[nH]n1. The molecule has 2 aromatic heterocycles. The van der Waals surface area contributed by atoms with Crippen molar-refractivity contribution in [3.8, 4) is 0 Å². The predicted octanol–water partition coefficient (Wildman–Crippen LogP) is 4.73. The van der Waals surface area contributed by atoms with Crippen LogP contribution in [-0.4, -0.2) is 20.4 Å². The fourth-order valence-corrected chi connectivity index (χ4v) is 2.69. The molecular weight excluding hydrogens is 376 g/mol. The van der Waals surface area contributed by atoms with Crippen LogP contribution < -0.4 is 11.1 Å². The Balaban J connectivity index is 0.000000300. The summed E-state index contributed by atoms with van der Waals surface area (Å²) >= 11 is 0. The van der Waals surface area contributed by atoms with E-state index in [1.54, 1.807) is 0 Å². The van der Waals surface area contributed by atoms with Crippen LogP contribution in [0.5, 0.6) is 0 Å². The molecule has 0 aliphatic heterocycles. The van der Waals surface area contributed by atoms with Gasteiger partial charge in [0.1, 0.15) is 0 Å². The maximum Gasteiger partial charge on any atom is 0.267 e. The van der Waals surface area contributed by atoms with Crippen LogP contribution >= 0.6 is 0 Å². The van der Waals surface area contributed by atoms with Crippen molar-refractivity contribution in [1.29, 1.82) is 0 Å². The monoisotopic (exact) mass is 416 g/mol. The van der Waals surface area contributed by atoms with Crippen molar-refractivity contribution >= 4 is 0 Å². The van der Waals surface area contributed by atoms with E-state index in [-0.39, 0.29) is 32.8 Å². The van der Waals surface area contributed by atoms with E-state index in [1.807, 2.05) is 53.7 Å². The fourth-order valence-electron chi connectivity index (χ4n) is 2.69. The average Bonchev–Trinajstić information content (AvgIpc) is 2.51. The van der Waals surface area contributed by atoms with Gasteiger partial charge in [0.05, 0.1) is 11.4 Å². The Labute approximate surface area is 180 Å². The lowest BCUT2D eigenvalue weighted by Crippen LogP contribution is -2.28. The van der Waals surface area contributed by atoms with Crippen molar-refractivity contribution in [2.24, 2.45) is 0 Å². The van der Waals surface area contributed by atoms with Gasteiger partial charge in [0, 0.05) is 22.0 Å². The molecule has 2 aromatic rings. The van der Waals surface area contributed by atoms with Crippen molar-refractivity contribution in [1.82, 2.24) is 20.4 Å². The van der Waals surface area contributed by atoms with E-state index < -0.39 is 0 Å². The van der Waals surface area contributed by atoms with E-state index in [9.17, 15) is 9.59 Å².